The van der Waals surface area contributed by atoms with Crippen molar-refractivity contribution in [1.29, 1.82) is 0 Å². The van der Waals surface area contributed by atoms with Crippen molar-refractivity contribution in [3.05, 3.63) is 28.2 Å². The zero-order chi connectivity index (χ0) is 9.84. The molecule has 2 N–H and O–H groups in total. The van der Waals surface area contributed by atoms with Gasteiger partial charge in [0.05, 0.1) is 5.02 Å². The number of hydrogen-bond acceptors (Lipinski definition) is 2. The lowest BCUT2D eigenvalue weighted by atomic mass is 10.3. The minimum absolute atomic E-state index is 0.0593. The molecular formula is C9H11Cl2NO. The predicted molar refractivity (Wildman–Crippen MR) is 55.6 cm³/mol. The zero-order valence-electron chi connectivity index (χ0n) is 7.26. The highest BCUT2D eigenvalue weighted by atomic mass is 35.5. The second-order valence-electron chi connectivity index (χ2n) is 2.72. The molecule has 0 aliphatic heterocycles. The van der Waals surface area contributed by atoms with Crippen molar-refractivity contribution in [2.24, 2.45) is 5.73 Å². The molecule has 0 spiro atoms. The number of ether oxygens (including phenoxy) is 1. The molecule has 1 unspecified atom stereocenters. The Morgan fingerprint density at radius 3 is 2.77 bits per heavy atom. The van der Waals surface area contributed by atoms with Gasteiger partial charge in [-0.3, -0.25) is 0 Å². The number of benzene rings is 1. The second-order valence-corrected chi connectivity index (χ2v) is 3.50. The van der Waals surface area contributed by atoms with Crippen LogP contribution >= 0.6 is 23.2 Å². The summed E-state index contributed by atoms with van der Waals surface area (Å²) in [6.07, 6.45) is -0.0593. The van der Waals surface area contributed by atoms with E-state index in [0.29, 0.717) is 22.3 Å². The Morgan fingerprint density at radius 2 is 2.15 bits per heavy atom. The van der Waals surface area contributed by atoms with E-state index in [9.17, 15) is 0 Å². The maximum Gasteiger partial charge on any atom is 0.139 e. The zero-order valence-corrected chi connectivity index (χ0v) is 8.77. The van der Waals surface area contributed by atoms with Crippen LogP contribution in [0.15, 0.2) is 18.2 Å². The van der Waals surface area contributed by atoms with Crippen LogP contribution in [-0.4, -0.2) is 12.6 Å². The summed E-state index contributed by atoms with van der Waals surface area (Å²) >= 11 is 11.7. The van der Waals surface area contributed by atoms with Crippen LogP contribution in [0.3, 0.4) is 0 Å². The van der Waals surface area contributed by atoms with E-state index < -0.39 is 0 Å². The van der Waals surface area contributed by atoms with E-state index in [-0.39, 0.29) is 6.10 Å². The molecule has 0 aliphatic carbocycles. The number of hydrogen-bond donors (Lipinski definition) is 1. The van der Waals surface area contributed by atoms with Crippen molar-refractivity contribution < 1.29 is 4.74 Å². The summed E-state index contributed by atoms with van der Waals surface area (Å²) in [6.45, 7) is 2.32. The second kappa shape index (κ2) is 4.70. The van der Waals surface area contributed by atoms with Gasteiger partial charge in [0, 0.05) is 6.54 Å². The number of halogens is 2. The van der Waals surface area contributed by atoms with Gasteiger partial charge in [0.2, 0.25) is 0 Å². The van der Waals surface area contributed by atoms with Crippen LogP contribution < -0.4 is 10.5 Å². The standard InChI is InChI=1S/C9H11Cl2NO/c1-6(5-12)13-8-4-2-3-7(10)9(8)11/h2-4,6H,5,12H2,1H3. The first-order valence-electron chi connectivity index (χ1n) is 3.96. The third-order valence-electron chi connectivity index (χ3n) is 1.58. The normalized spacial score (nSPS) is 12.6. The lowest BCUT2D eigenvalue weighted by molar-refractivity contribution is 0.230. The summed E-state index contributed by atoms with van der Waals surface area (Å²) in [5, 5.41) is 0.924. The van der Waals surface area contributed by atoms with Crippen molar-refractivity contribution in [1.82, 2.24) is 0 Å². The summed E-state index contributed by atoms with van der Waals surface area (Å²) < 4.78 is 5.43. The summed E-state index contributed by atoms with van der Waals surface area (Å²) in [5.41, 5.74) is 5.41. The molecule has 4 heteroatoms. The Morgan fingerprint density at radius 1 is 1.46 bits per heavy atom. The molecule has 2 nitrogen and oxygen atoms in total. The smallest absolute Gasteiger partial charge is 0.139 e. The third-order valence-corrected chi connectivity index (χ3v) is 2.38. The lowest BCUT2D eigenvalue weighted by Crippen LogP contribution is -2.22. The van der Waals surface area contributed by atoms with Gasteiger partial charge in [-0.2, -0.15) is 0 Å². The first kappa shape index (κ1) is 10.6. The summed E-state index contributed by atoms with van der Waals surface area (Å²) in [5.74, 6) is 0.576. The van der Waals surface area contributed by atoms with Gasteiger partial charge in [-0.25, -0.2) is 0 Å². The SMILES string of the molecule is CC(CN)Oc1cccc(Cl)c1Cl. The summed E-state index contributed by atoms with van der Waals surface area (Å²) in [4.78, 5) is 0. The fourth-order valence-electron chi connectivity index (χ4n) is 0.840. The van der Waals surface area contributed by atoms with Crippen LogP contribution in [0.25, 0.3) is 0 Å². The fourth-order valence-corrected chi connectivity index (χ4v) is 1.18. The largest absolute Gasteiger partial charge is 0.488 e. The van der Waals surface area contributed by atoms with Crippen molar-refractivity contribution >= 4 is 23.2 Å². The van der Waals surface area contributed by atoms with Gasteiger partial charge in [0.25, 0.3) is 0 Å². The van der Waals surface area contributed by atoms with Gasteiger partial charge in [-0.05, 0) is 19.1 Å². The molecule has 0 aromatic heterocycles. The lowest BCUT2D eigenvalue weighted by Gasteiger charge is -2.13. The molecule has 0 saturated heterocycles. The molecule has 0 bridgehead atoms. The van der Waals surface area contributed by atoms with E-state index in [0.717, 1.165) is 0 Å². The van der Waals surface area contributed by atoms with Gasteiger partial charge in [-0.1, -0.05) is 29.3 Å². The first-order chi connectivity index (χ1) is 6.15. The monoisotopic (exact) mass is 219 g/mol. The van der Waals surface area contributed by atoms with Crippen LogP contribution in [-0.2, 0) is 0 Å². The Bertz CT molecular complexity index is 291. The van der Waals surface area contributed by atoms with Crippen molar-refractivity contribution in [3.63, 3.8) is 0 Å². The van der Waals surface area contributed by atoms with Gasteiger partial charge in [-0.15, -0.1) is 0 Å². The highest BCUT2D eigenvalue weighted by Crippen LogP contribution is 2.31. The average Bonchev–Trinajstić information content (AvgIpc) is 2.13. The molecule has 72 valence electrons. The Kier molecular flexibility index (Phi) is 3.85. The number of nitrogens with two attached hydrogens (primary N) is 1. The molecule has 0 amide bonds. The fraction of sp³-hybridized carbons (Fsp3) is 0.333. The van der Waals surface area contributed by atoms with Crippen LogP contribution in [0.4, 0.5) is 0 Å². The van der Waals surface area contributed by atoms with Gasteiger partial charge < -0.3 is 10.5 Å². The quantitative estimate of drug-likeness (QED) is 0.849. The van der Waals surface area contributed by atoms with E-state index >= 15 is 0 Å². The molecular weight excluding hydrogens is 209 g/mol. The highest BCUT2D eigenvalue weighted by molar-refractivity contribution is 6.42. The van der Waals surface area contributed by atoms with Gasteiger partial charge in [0.1, 0.15) is 16.9 Å². The van der Waals surface area contributed by atoms with E-state index in [1.807, 2.05) is 6.92 Å². The summed E-state index contributed by atoms with van der Waals surface area (Å²) in [7, 11) is 0. The van der Waals surface area contributed by atoms with Crippen LogP contribution in [0.2, 0.25) is 10.0 Å². The summed E-state index contributed by atoms with van der Waals surface area (Å²) in [6, 6.07) is 5.26. The average molecular weight is 220 g/mol. The third kappa shape index (κ3) is 2.76. The molecule has 1 atom stereocenters. The van der Waals surface area contributed by atoms with Crippen LogP contribution in [0.5, 0.6) is 5.75 Å². The number of rotatable bonds is 3. The van der Waals surface area contributed by atoms with E-state index in [1.165, 1.54) is 0 Å². The minimum atomic E-state index is -0.0593. The van der Waals surface area contributed by atoms with Crippen LogP contribution in [0, 0.1) is 0 Å². The Labute approximate surface area is 87.6 Å². The molecule has 1 rings (SSSR count). The van der Waals surface area contributed by atoms with Crippen molar-refractivity contribution in [2.75, 3.05) is 6.54 Å². The Hall–Kier alpha value is -0.440. The molecule has 0 heterocycles. The van der Waals surface area contributed by atoms with Gasteiger partial charge >= 0.3 is 0 Å². The molecule has 1 aromatic carbocycles. The predicted octanol–water partition coefficient (Wildman–Crippen LogP) is 2.72. The molecule has 0 radical (unpaired) electrons. The molecule has 0 saturated carbocycles. The van der Waals surface area contributed by atoms with Crippen molar-refractivity contribution in [2.45, 2.75) is 13.0 Å². The maximum absolute atomic E-state index is 5.90. The van der Waals surface area contributed by atoms with Gasteiger partial charge in [0.15, 0.2) is 0 Å². The highest BCUT2D eigenvalue weighted by Gasteiger charge is 2.07. The maximum atomic E-state index is 5.90. The van der Waals surface area contributed by atoms with E-state index in [4.69, 9.17) is 33.7 Å². The topological polar surface area (TPSA) is 35.2 Å². The first-order valence-corrected chi connectivity index (χ1v) is 4.71. The minimum Gasteiger partial charge on any atom is -0.488 e. The Balaban J connectivity index is 2.83. The molecule has 0 fully saturated rings. The molecule has 0 aliphatic rings. The molecule has 1 aromatic rings. The molecule has 13 heavy (non-hydrogen) atoms. The van der Waals surface area contributed by atoms with Crippen LogP contribution in [0.1, 0.15) is 6.92 Å². The van der Waals surface area contributed by atoms with Crippen molar-refractivity contribution in [3.8, 4) is 5.75 Å². The van der Waals surface area contributed by atoms with E-state index in [2.05, 4.69) is 0 Å². The van der Waals surface area contributed by atoms with E-state index in [1.54, 1.807) is 18.2 Å².